The molecule has 0 bridgehead atoms. The van der Waals surface area contributed by atoms with Crippen molar-refractivity contribution >= 4 is 5.91 Å². The van der Waals surface area contributed by atoms with E-state index in [0.29, 0.717) is 18.9 Å². The number of nitrogens with one attached hydrogen (secondary N) is 1. The third kappa shape index (κ3) is 3.78. The van der Waals surface area contributed by atoms with E-state index in [1.165, 1.54) is 10.1 Å². The van der Waals surface area contributed by atoms with Gasteiger partial charge in [-0.15, -0.1) is 0 Å². The Morgan fingerprint density at radius 1 is 1.30 bits per heavy atom. The average molecular weight is 271 g/mol. The molecule has 0 aliphatic heterocycles. The maximum absolute atomic E-state index is 11.9. The lowest BCUT2D eigenvalue weighted by atomic mass is 9.96. The van der Waals surface area contributed by atoms with Gasteiger partial charge in [-0.1, -0.05) is 44.2 Å². The first-order valence-corrected chi connectivity index (χ1v) is 6.98. The van der Waals surface area contributed by atoms with Gasteiger partial charge in [0, 0.05) is 31.4 Å². The van der Waals surface area contributed by atoms with E-state index in [4.69, 9.17) is 0 Å². The van der Waals surface area contributed by atoms with Crippen LogP contribution in [-0.4, -0.2) is 22.0 Å². The third-order valence-corrected chi connectivity index (χ3v) is 3.32. The first-order chi connectivity index (χ1) is 9.68. The minimum Gasteiger partial charge on any atom is -0.309 e. The van der Waals surface area contributed by atoms with Gasteiger partial charge in [-0.2, -0.15) is 0 Å². The topological polar surface area (TPSA) is 46.9 Å². The van der Waals surface area contributed by atoms with Crippen molar-refractivity contribution in [3.8, 4) is 0 Å². The van der Waals surface area contributed by atoms with Gasteiger partial charge < -0.3 is 5.32 Å². The van der Waals surface area contributed by atoms with Crippen LogP contribution in [0.15, 0.2) is 49.1 Å². The van der Waals surface area contributed by atoms with Crippen LogP contribution in [0.2, 0.25) is 0 Å². The van der Waals surface area contributed by atoms with Gasteiger partial charge >= 0.3 is 0 Å². The second-order valence-electron chi connectivity index (χ2n) is 5.20. The van der Waals surface area contributed by atoms with Crippen molar-refractivity contribution in [2.45, 2.75) is 26.3 Å². The fourth-order valence-electron chi connectivity index (χ4n) is 2.27. The fourth-order valence-corrected chi connectivity index (χ4v) is 2.27. The van der Waals surface area contributed by atoms with E-state index in [0.717, 1.165) is 0 Å². The molecule has 4 nitrogen and oxygen atoms in total. The van der Waals surface area contributed by atoms with Gasteiger partial charge in [0.1, 0.15) is 6.33 Å². The lowest BCUT2D eigenvalue weighted by Gasteiger charge is -2.22. The second-order valence-corrected chi connectivity index (χ2v) is 5.20. The molecule has 106 valence electrons. The zero-order valence-corrected chi connectivity index (χ0v) is 12.0. The Morgan fingerprint density at radius 3 is 2.65 bits per heavy atom. The second kappa shape index (κ2) is 7.01. The first-order valence-electron chi connectivity index (χ1n) is 6.98. The Kier molecular flexibility index (Phi) is 5.07. The maximum Gasteiger partial charge on any atom is 0.233 e. The Bertz CT molecular complexity index is 520. The Balaban J connectivity index is 1.89. The summed E-state index contributed by atoms with van der Waals surface area (Å²) in [4.78, 5) is 15.8. The molecule has 0 fully saturated rings. The number of hydrogen-bond acceptors (Lipinski definition) is 3. The standard InChI is InChI=1S/C16H21N3O/c1-13(2)16(14-6-4-3-5-7-14)18-9-8-15(20)19-11-10-17-12-19/h3-7,10-13,16,18H,8-9H2,1-2H3. The largest absolute Gasteiger partial charge is 0.309 e. The van der Waals surface area contributed by atoms with E-state index in [1.807, 2.05) is 18.2 Å². The molecule has 2 rings (SSSR count). The SMILES string of the molecule is CC(C)C(NCCC(=O)n1ccnc1)c1ccccc1. The van der Waals surface area contributed by atoms with Crippen LogP contribution in [0.4, 0.5) is 0 Å². The Hall–Kier alpha value is -1.94. The van der Waals surface area contributed by atoms with Crippen molar-refractivity contribution in [2.24, 2.45) is 5.92 Å². The molecule has 0 radical (unpaired) electrons. The summed E-state index contributed by atoms with van der Waals surface area (Å²) >= 11 is 0. The molecule has 1 N–H and O–H groups in total. The summed E-state index contributed by atoms with van der Waals surface area (Å²) < 4.78 is 1.52. The van der Waals surface area contributed by atoms with Crippen LogP contribution in [-0.2, 0) is 0 Å². The highest BCUT2D eigenvalue weighted by Gasteiger charge is 2.15. The molecule has 20 heavy (non-hydrogen) atoms. The van der Waals surface area contributed by atoms with Gasteiger partial charge in [0.25, 0.3) is 0 Å². The molecule has 1 unspecified atom stereocenters. The molecule has 0 saturated heterocycles. The molecule has 1 heterocycles. The number of hydrogen-bond donors (Lipinski definition) is 1. The van der Waals surface area contributed by atoms with E-state index in [-0.39, 0.29) is 11.9 Å². The first kappa shape index (κ1) is 14.5. The quantitative estimate of drug-likeness (QED) is 0.878. The highest BCUT2D eigenvalue weighted by atomic mass is 16.2. The molecule has 2 aromatic rings. The van der Waals surface area contributed by atoms with E-state index in [1.54, 1.807) is 18.7 Å². The molecule has 0 saturated carbocycles. The fraction of sp³-hybridized carbons (Fsp3) is 0.375. The monoisotopic (exact) mass is 271 g/mol. The number of rotatable bonds is 6. The summed E-state index contributed by atoms with van der Waals surface area (Å²) in [5.74, 6) is 0.534. The molecule has 1 atom stereocenters. The minimum atomic E-state index is 0.0607. The Morgan fingerprint density at radius 2 is 2.05 bits per heavy atom. The summed E-state index contributed by atoms with van der Waals surface area (Å²) in [6, 6.07) is 10.6. The van der Waals surface area contributed by atoms with E-state index < -0.39 is 0 Å². The molecule has 0 amide bonds. The van der Waals surface area contributed by atoms with E-state index >= 15 is 0 Å². The number of carbonyl (C=O) groups excluding carboxylic acids is 1. The lowest BCUT2D eigenvalue weighted by molar-refractivity contribution is 0.0900. The zero-order valence-electron chi connectivity index (χ0n) is 12.0. The smallest absolute Gasteiger partial charge is 0.233 e. The molecule has 0 spiro atoms. The van der Waals surface area contributed by atoms with E-state index in [9.17, 15) is 4.79 Å². The van der Waals surface area contributed by atoms with Crippen LogP contribution in [0.25, 0.3) is 0 Å². The Labute approximate surface area is 119 Å². The van der Waals surface area contributed by atoms with Crippen LogP contribution in [0.5, 0.6) is 0 Å². The lowest BCUT2D eigenvalue weighted by Crippen LogP contribution is -2.28. The number of nitrogens with zero attached hydrogens (tertiary/aromatic N) is 2. The van der Waals surface area contributed by atoms with Gasteiger partial charge in [-0.25, -0.2) is 4.98 Å². The summed E-state index contributed by atoms with van der Waals surface area (Å²) in [6.07, 6.45) is 5.30. The third-order valence-electron chi connectivity index (χ3n) is 3.32. The van der Waals surface area contributed by atoms with Gasteiger partial charge in [0.05, 0.1) is 0 Å². The molecule has 0 aliphatic rings. The highest BCUT2D eigenvalue weighted by molar-refractivity contribution is 5.78. The minimum absolute atomic E-state index is 0.0607. The van der Waals surface area contributed by atoms with Gasteiger partial charge in [0.2, 0.25) is 5.91 Å². The summed E-state index contributed by atoms with van der Waals surface area (Å²) in [7, 11) is 0. The van der Waals surface area contributed by atoms with Crippen molar-refractivity contribution in [1.82, 2.24) is 14.9 Å². The normalized spacial score (nSPS) is 12.6. The maximum atomic E-state index is 11.9. The molecule has 1 aromatic heterocycles. The van der Waals surface area contributed by atoms with Crippen molar-refractivity contribution in [3.05, 3.63) is 54.6 Å². The number of aromatic nitrogens is 2. The van der Waals surface area contributed by atoms with Gasteiger partial charge in [0.15, 0.2) is 0 Å². The molecular formula is C16H21N3O. The van der Waals surface area contributed by atoms with Gasteiger partial charge in [-0.05, 0) is 11.5 Å². The molecule has 4 heteroatoms. The van der Waals surface area contributed by atoms with Crippen molar-refractivity contribution in [2.75, 3.05) is 6.54 Å². The van der Waals surface area contributed by atoms with Crippen LogP contribution in [0.1, 0.15) is 36.7 Å². The van der Waals surface area contributed by atoms with Crippen LogP contribution >= 0.6 is 0 Å². The summed E-state index contributed by atoms with van der Waals surface area (Å²) in [5.41, 5.74) is 1.26. The van der Waals surface area contributed by atoms with Crippen LogP contribution in [0, 0.1) is 5.92 Å². The number of benzene rings is 1. The number of carbonyl (C=O) groups is 1. The average Bonchev–Trinajstić information content (AvgIpc) is 2.98. The van der Waals surface area contributed by atoms with Crippen molar-refractivity contribution < 1.29 is 4.79 Å². The van der Waals surface area contributed by atoms with Crippen LogP contribution < -0.4 is 5.32 Å². The molecular weight excluding hydrogens is 250 g/mol. The predicted octanol–water partition coefficient (Wildman–Crippen LogP) is 2.90. The number of imidazole rings is 1. The highest BCUT2D eigenvalue weighted by Crippen LogP contribution is 2.21. The molecule has 0 aliphatic carbocycles. The zero-order chi connectivity index (χ0) is 14.4. The van der Waals surface area contributed by atoms with Gasteiger partial charge in [-0.3, -0.25) is 9.36 Å². The van der Waals surface area contributed by atoms with E-state index in [2.05, 4.69) is 36.3 Å². The predicted molar refractivity (Wildman–Crippen MR) is 79.5 cm³/mol. The molecule has 1 aromatic carbocycles. The summed E-state index contributed by atoms with van der Waals surface area (Å²) in [5, 5.41) is 3.47. The summed E-state index contributed by atoms with van der Waals surface area (Å²) in [6.45, 7) is 5.03. The van der Waals surface area contributed by atoms with Crippen LogP contribution in [0.3, 0.4) is 0 Å². The van der Waals surface area contributed by atoms with Crippen molar-refractivity contribution in [1.29, 1.82) is 0 Å². The van der Waals surface area contributed by atoms with Crippen molar-refractivity contribution in [3.63, 3.8) is 0 Å².